The van der Waals surface area contributed by atoms with Crippen molar-refractivity contribution in [1.29, 1.82) is 0 Å². The first-order valence-electron chi connectivity index (χ1n) is 7.69. The van der Waals surface area contributed by atoms with E-state index in [1.807, 2.05) is 18.2 Å². The third kappa shape index (κ3) is 4.18. The fourth-order valence-corrected chi connectivity index (χ4v) is 3.44. The molecule has 1 aliphatic rings. The Morgan fingerprint density at radius 3 is 2.22 bits per heavy atom. The summed E-state index contributed by atoms with van der Waals surface area (Å²) in [5, 5.41) is 3.96. The lowest BCUT2D eigenvalue weighted by atomic mass is 9.95. The minimum Gasteiger partial charge on any atom is -0.371 e. The van der Waals surface area contributed by atoms with E-state index >= 15 is 0 Å². The maximum atomic E-state index is 12.4. The van der Waals surface area contributed by atoms with Gasteiger partial charge in [0.25, 0.3) is 0 Å². The molecule has 3 rings (SSSR count). The maximum Gasteiger partial charge on any atom is 0.227 e. The first-order valence-corrected chi connectivity index (χ1v) is 8.44. The normalized spacial score (nSPS) is 15.5. The van der Waals surface area contributed by atoms with E-state index in [0.29, 0.717) is 15.7 Å². The second-order valence-electron chi connectivity index (χ2n) is 5.74. The largest absolute Gasteiger partial charge is 0.371 e. The number of carbonyl (C=O) groups is 1. The molecule has 0 unspecified atom stereocenters. The van der Waals surface area contributed by atoms with E-state index in [9.17, 15) is 4.79 Å². The fourth-order valence-electron chi connectivity index (χ4n) is 2.91. The van der Waals surface area contributed by atoms with Crippen LogP contribution >= 0.6 is 23.2 Å². The van der Waals surface area contributed by atoms with Crippen LogP contribution in [0.4, 0.5) is 11.4 Å². The van der Waals surface area contributed by atoms with E-state index in [4.69, 9.17) is 23.2 Å². The Kier molecular flexibility index (Phi) is 5.09. The zero-order chi connectivity index (χ0) is 16.2. The Balaban J connectivity index is 1.58. The number of nitrogens with zero attached hydrogens (tertiary/aromatic N) is 1. The number of para-hydroxylation sites is 1. The van der Waals surface area contributed by atoms with Crippen LogP contribution in [0, 0.1) is 5.92 Å². The molecule has 0 aromatic heterocycles. The molecule has 2 aromatic rings. The Morgan fingerprint density at radius 2 is 1.61 bits per heavy atom. The maximum absolute atomic E-state index is 12.4. The van der Waals surface area contributed by atoms with Crippen LogP contribution in [0.2, 0.25) is 10.0 Å². The van der Waals surface area contributed by atoms with Gasteiger partial charge in [0.15, 0.2) is 0 Å². The van der Waals surface area contributed by atoms with Crippen LogP contribution in [-0.2, 0) is 4.79 Å². The summed E-state index contributed by atoms with van der Waals surface area (Å²) in [5.74, 6) is 0.0590. The van der Waals surface area contributed by atoms with Crippen LogP contribution in [-0.4, -0.2) is 19.0 Å². The predicted molar refractivity (Wildman–Crippen MR) is 96.5 cm³/mol. The number of benzene rings is 2. The molecule has 2 aromatic carbocycles. The monoisotopic (exact) mass is 348 g/mol. The van der Waals surface area contributed by atoms with Crippen LogP contribution < -0.4 is 10.2 Å². The lowest BCUT2D eigenvalue weighted by Crippen LogP contribution is -2.38. The van der Waals surface area contributed by atoms with Gasteiger partial charge in [0.2, 0.25) is 5.91 Å². The van der Waals surface area contributed by atoms with Gasteiger partial charge in [-0.15, -0.1) is 0 Å². The summed E-state index contributed by atoms with van der Waals surface area (Å²) in [6.45, 7) is 1.77. The molecule has 0 atom stereocenters. The molecular weight excluding hydrogens is 331 g/mol. The second kappa shape index (κ2) is 7.24. The van der Waals surface area contributed by atoms with E-state index in [1.165, 1.54) is 5.69 Å². The number of rotatable bonds is 3. The van der Waals surface area contributed by atoms with E-state index in [-0.39, 0.29) is 11.8 Å². The van der Waals surface area contributed by atoms with E-state index < -0.39 is 0 Å². The molecule has 3 nitrogen and oxygen atoms in total. The highest BCUT2D eigenvalue weighted by atomic mass is 35.5. The molecule has 0 aliphatic carbocycles. The Labute approximate surface area is 146 Å². The summed E-state index contributed by atoms with van der Waals surface area (Å²) in [7, 11) is 0. The van der Waals surface area contributed by atoms with Crippen molar-refractivity contribution >= 4 is 40.5 Å². The predicted octanol–water partition coefficient (Wildman–Crippen LogP) is 4.85. The van der Waals surface area contributed by atoms with Crippen LogP contribution in [0.15, 0.2) is 48.5 Å². The van der Waals surface area contributed by atoms with Gasteiger partial charge in [-0.1, -0.05) is 41.4 Å². The van der Waals surface area contributed by atoms with Crippen LogP contribution in [0.1, 0.15) is 12.8 Å². The third-order valence-electron chi connectivity index (χ3n) is 4.12. The van der Waals surface area contributed by atoms with Gasteiger partial charge in [-0.25, -0.2) is 0 Å². The van der Waals surface area contributed by atoms with Crippen molar-refractivity contribution in [2.75, 3.05) is 23.3 Å². The first-order chi connectivity index (χ1) is 11.1. The number of carbonyl (C=O) groups excluding carboxylic acids is 1. The molecule has 1 heterocycles. The summed E-state index contributed by atoms with van der Waals surface area (Å²) in [4.78, 5) is 14.7. The minimum absolute atomic E-state index is 0.0210. The van der Waals surface area contributed by atoms with Crippen molar-refractivity contribution in [3.8, 4) is 0 Å². The van der Waals surface area contributed by atoms with Gasteiger partial charge in [0.05, 0.1) is 0 Å². The smallest absolute Gasteiger partial charge is 0.227 e. The molecule has 1 N–H and O–H groups in total. The van der Waals surface area contributed by atoms with Gasteiger partial charge in [0, 0.05) is 40.4 Å². The van der Waals surface area contributed by atoms with Crippen molar-refractivity contribution in [2.45, 2.75) is 12.8 Å². The van der Waals surface area contributed by atoms with Crippen LogP contribution in [0.3, 0.4) is 0 Å². The lowest BCUT2D eigenvalue weighted by molar-refractivity contribution is -0.120. The highest BCUT2D eigenvalue weighted by molar-refractivity contribution is 6.35. The van der Waals surface area contributed by atoms with Crippen LogP contribution in [0.25, 0.3) is 0 Å². The summed E-state index contributed by atoms with van der Waals surface area (Å²) < 4.78 is 0. The van der Waals surface area contributed by atoms with E-state index in [0.717, 1.165) is 25.9 Å². The Hall–Kier alpha value is -1.71. The number of nitrogens with one attached hydrogen (secondary N) is 1. The molecular formula is C18H18Cl2N2O. The Bertz CT molecular complexity index is 662. The van der Waals surface area contributed by atoms with E-state index in [2.05, 4.69) is 22.3 Å². The molecule has 5 heteroatoms. The molecule has 1 aliphatic heterocycles. The summed E-state index contributed by atoms with van der Waals surface area (Å²) in [5.41, 5.74) is 1.87. The minimum atomic E-state index is 0.0210. The summed E-state index contributed by atoms with van der Waals surface area (Å²) in [6.07, 6.45) is 1.68. The first kappa shape index (κ1) is 16.2. The standard InChI is InChI=1S/C18H18Cl2N2O/c19-14-10-15(20)12-16(11-14)21-18(23)13-6-8-22(9-7-13)17-4-2-1-3-5-17/h1-5,10-13H,6-9H2,(H,21,23). The van der Waals surface area contributed by atoms with Crippen molar-refractivity contribution in [3.05, 3.63) is 58.6 Å². The molecule has 23 heavy (non-hydrogen) atoms. The topological polar surface area (TPSA) is 32.3 Å². The molecule has 1 saturated heterocycles. The molecule has 0 radical (unpaired) electrons. The third-order valence-corrected chi connectivity index (χ3v) is 4.55. The zero-order valence-electron chi connectivity index (χ0n) is 12.6. The molecule has 1 fully saturated rings. The number of halogens is 2. The van der Waals surface area contributed by atoms with Gasteiger partial charge in [-0.05, 0) is 43.2 Å². The van der Waals surface area contributed by atoms with Crippen LogP contribution in [0.5, 0.6) is 0 Å². The number of amides is 1. The van der Waals surface area contributed by atoms with Gasteiger partial charge in [-0.3, -0.25) is 4.79 Å². The van der Waals surface area contributed by atoms with Gasteiger partial charge in [0.1, 0.15) is 0 Å². The quantitative estimate of drug-likeness (QED) is 0.859. The Morgan fingerprint density at radius 1 is 1.00 bits per heavy atom. The summed E-state index contributed by atoms with van der Waals surface area (Å²) >= 11 is 11.9. The average molecular weight is 349 g/mol. The van der Waals surface area contributed by atoms with Crippen molar-refractivity contribution in [1.82, 2.24) is 0 Å². The molecule has 0 bridgehead atoms. The van der Waals surface area contributed by atoms with E-state index in [1.54, 1.807) is 18.2 Å². The zero-order valence-corrected chi connectivity index (χ0v) is 14.1. The number of anilines is 2. The summed E-state index contributed by atoms with van der Waals surface area (Å²) in [6, 6.07) is 15.4. The molecule has 0 spiro atoms. The van der Waals surface area contributed by atoms with Gasteiger partial charge >= 0.3 is 0 Å². The van der Waals surface area contributed by atoms with Crippen molar-refractivity contribution in [2.24, 2.45) is 5.92 Å². The number of piperidine rings is 1. The lowest BCUT2D eigenvalue weighted by Gasteiger charge is -2.33. The van der Waals surface area contributed by atoms with Gasteiger partial charge < -0.3 is 10.2 Å². The molecule has 120 valence electrons. The van der Waals surface area contributed by atoms with Crippen molar-refractivity contribution < 1.29 is 4.79 Å². The average Bonchev–Trinajstić information content (AvgIpc) is 2.55. The molecule has 1 amide bonds. The number of hydrogen-bond acceptors (Lipinski definition) is 2. The van der Waals surface area contributed by atoms with Crippen molar-refractivity contribution in [3.63, 3.8) is 0 Å². The number of hydrogen-bond donors (Lipinski definition) is 1. The highest BCUT2D eigenvalue weighted by Gasteiger charge is 2.25. The molecule has 0 saturated carbocycles. The highest BCUT2D eigenvalue weighted by Crippen LogP contribution is 2.26. The fraction of sp³-hybridized carbons (Fsp3) is 0.278. The van der Waals surface area contributed by atoms with Gasteiger partial charge in [-0.2, -0.15) is 0 Å². The second-order valence-corrected chi connectivity index (χ2v) is 6.62. The SMILES string of the molecule is O=C(Nc1cc(Cl)cc(Cl)c1)C1CCN(c2ccccc2)CC1.